The molecule has 0 fully saturated rings. The van der Waals surface area contributed by atoms with Gasteiger partial charge in [-0.3, -0.25) is 4.79 Å². The molecule has 1 amide bonds. The number of fused-ring (bicyclic) bond motifs is 2. The normalized spacial score (nSPS) is 12.1. The highest BCUT2D eigenvalue weighted by Crippen LogP contribution is 2.28. The van der Waals surface area contributed by atoms with Crippen LogP contribution < -0.4 is 11.1 Å². The summed E-state index contributed by atoms with van der Waals surface area (Å²) in [6, 6.07) is 28.4. The zero-order valence-electron chi connectivity index (χ0n) is 20.5. The Morgan fingerprint density at radius 2 is 1.44 bits per heavy atom. The molecule has 0 bridgehead atoms. The Labute approximate surface area is 211 Å². The van der Waals surface area contributed by atoms with Crippen LogP contribution in [0.4, 0.5) is 5.82 Å². The van der Waals surface area contributed by atoms with Crippen LogP contribution in [0.2, 0.25) is 0 Å². The number of hydrogen-bond acceptors (Lipinski definition) is 4. The first-order valence-electron chi connectivity index (χ1n) is 12.5. The molecule has 3 aromatic carbocycles. The van der Waals surface area contributed by atoms with Crippen molar-refractivity contribution in [1.29, 1.82) is 0 Å². The molecule has 0 aliphatic rings. The van der Waals surface area contributed by atoms with Gasteiger partial charge in [0.15, 0.2) is 5.65 Å². The number of benzene rings is 3. The first-order valence-corrected chi connectivity index (χ1v) is 12.5. The number of nitrogens with zero attached hydrogens (tertiary/aromatic N) is 3. The number of carbonyl (C=O) groups is 1. The van der Waals surface area contributed by atoms with Crippen molar-refractivity contribution in [3.05, 3.63) is 102 Å². The van der Waals surface area contributed by atoms with Gasteiger partial charge in [0.2, 0.25) is 0 Å². The highest BCUT2D eigenvalue weighted by Gasteiger charge is 2.24. The molecule has 5 rings (SSSR count). The van der Waals surface area contributed by atoms with Gasteiger partial charge < -0.3 is 15.6 Å². The molecule has 6 heteroatoms. The number of hydrogen-bond donors (Lipinski definition) is 2. The predicted octanol–water partition coefficient (Wildman–Crippen LogP) is 5.55. The Bertz CT molecular complexity index is 1480. The number of anilines is 1. The van der Waals surface area contributed by atoms with Crippen molar-refractivity contribution in [3.8, 4) is 0 Å². The Morgan fingerprint density at radius 3 is 2.11 bits per heavy atom. The quantitative estimate of drug-likeness (QED) is 0.291. The third-order valence-corrected chi connectivity index (χ3v) is 6.59. The highest BCUT2D eigenvalue weighted by molar-refractivity contribution is 6.10. The first kappa shape index (κ1) is 23.5. The van der Waals surface area contributed by atoms with Gasteiger partial charge in [-0.2, -0.15) is 0 Å². The molecule has 182 valence electrons. The minimum Gasteiger partial charge on any atom is -0.384 e. The molecule has 5 aromatic rings. The van der Waals surface area contributed by atoms with Crippen molar-refractivity contribution >= 4 is 33.9 Å². The summed E-state index contributed by atoms with van der Waals surface area (Å²) >= 11 is 0. The number of aryl methyl sites for hydroxylation is 3. The summed E-state index contributed by atoms with van der Waals surface area (Å²) in [6.07, 6.45) is 3.52. The molecule has 0 aliphatic carbocycles. The number of nitrogens with one attached hydrogen (secondary N) is 1. The Balaban J connectivity index is 1.41. The van der Waals surface area contributed by atoms with Crippen molar-refractivity contribution in [2.45, 2.75) is 45.2 Å². The van der Waals surface area contributed by atoms with Crippen LogP contribution in [-0.4, -0.2) is 26.5 Å². The van der Waals surface area contributed by atoms with E-state index in [2.05, 4.69) is 29.6 Å². The molecule has 0 radical (unpaired) electrons. The van der Waals surface area contributed by atoms with E-state index < -0.39 is 0 Å². The predicted molar refractivity (Wildman–Crippen MR) is 146 cm³/mol. The zero-order chi connectivity index (χ0) is 24.9. The molecule has 3 N–H and O–H groups in total. The van der Waals surface area contributed by atoms with Gasteiger partial charge >= 0.3 is 0 Å². The van der Waals surface area contributed by atoms with Crippen LogP contribution in [0.15, 0.2) is 84.9 Å². The second-order valence-corrected chi connectivity index (χ2v) is 9.28. The molecule has 6 nitrogen and oxygen atoms in total. The molecule has 1 unspecified atom stereocenters. The number of para-hydroxylation sites is 2. The van der Waals surface area contributed by atoms with E-state index in [1.165, 1.54) is 11.1 Å². The molecular weight excluding hydrogens is 446 g/mol. The summed E-state index contributed by atoms with van der Waals surface area (Å²) in [7, 11) is 0. The summed E-state index contributed by atoms with van der Waals surface area (Å²) in [5.74, 6) is 0.213. The third kappa shape index (κ3) is 5.08. The van der Waals surface area contributed by atoms with Crippen LogP contribution in [0.5, 0.6) is 0 Å². The van der Waals surface area contributed by atoms with E-state index in [1.807, 2.05) is 72.2 Å². The van der Waals surface area contributed by atoms with Crippen LogP contribution >= 0.6 is 0 Å². The minimum absolute atomic E-state index is 0.0120. The van der Waals surface area contributed by atoms with Gasteiger partial charge in [0, 0.05) is 12.6 Å². The van der Waals surface area contributed by atoms with Gasteiger partial charge in [0.25, 0.3) is 5.91 Å². The lowest BCUT2D eigenvalue weighted by Gasteiger charge is -2.14. The van der Waals surface area contributed by atoms with Gasteiger partial charge in [-0.05, 0) is 55.9 Å². The molecule has 2 heterocycles. The number of aromatic nitrogens is 3. The molecule has 0 saturated carbocycles. The summed E-state index contributed by atoms with van der Waals surface area (Å²) in [5.41, 5.74) is 12.3. The fourth-order valence-corrected chi connectivity index (χ4v) is 4.65. The molecule has 0 spiro atoms. The third-order valence-electron chi connectivity index (χ3n) is 6.59. The Kier molecular flexibility index (Phi) is 6.94. The second kappa shape index (κ2) is 10.6. The summed E-state index contributed by atoms with van der Waals surface area (Å²) in [6.45, 7) is 2.68. The molecular formula is C30H31N5O. The maximum Gasteiger partial charge on any atom is 0.257 e. The monoisotopic (exact) mass is 477 g/mol. The average molecular weight is 478 g/mol. The van der Waals surface area contributed by atoms with E-state index in [9.17, 15) is 4.79 Å². The Hall–Kier alpha value is -4.19. The molecule has 0 saturated heterocycles. The highest BCUT2D eigenvalue weighted by atomic mass is 16.1. The molecule has 36 heavy (non-hydrogen) atoms. The van der Waals surface area contributed by atoms with E-state index in [0.717, 1.165) is 36.7 Å². The van der Waals surface area contributed by atoms with E-state index >= 15 is 0 Å². The van der Waals surface area contributed by atoms with Crippen molar-refractivity contribution in [1.82, 2.24) is 19.9 Å². The van der Waals surface area contributed by atoms with Crippen molar-refractivity contribution < 1.29 is 4.79 Å². The molecule has 1 atom stereocenters. The van der Waals surface area contributed by atoms with Gasteiger partial charge in [-0.15, -0.1) is 0 Å². The summed E-state index contributed by atoms with van der Waals surface area (Å²) in [4.78, 5) is 23.2. The van der Waals surface area contributed by atoms with Crippen molar-refractivity contribution in [2.24, 2.45) is 0 Å². The van der Waals surface area contributed by atoms with Crippen LogP contribution in [0.25, 0.3) is 22.2 Å². The number of amides is 1. The smallest absolute Gasteiger partial charge is 0.257 e. The molecule has 2 aromatic heterocycles. The lowest BCUT2D eigenvalue weighted by atomic mass is 10.1. The van der Waals surface area contributed by atoms with Crippen molar-refractivity contribution in [3.63, 3.8) is 0 Å². The maximum atomic E-state index is 13.5. The first-order chi connectivity index (χ1) is 17.6. The van der Waals surface area contributed by atoms with Crippen molar-refractivity contribution in [2.75, 3.05) is 5.73 Å². The standard InChI is InChI=1S/C30H31N5O/c1-21(18-19-23-13-6-3-7-14-23)32-30(36)26-27-29(34-25-17-9-8-16-24(25)33-27)35(28(26)31)20-10-15-22-11-4-2-5-12-22/h2-9,11-14,16-17,21H,10,15,18-20,31H2,1H3,(H,32,36). The summed E-state index contributed by atoms with van der Waals surface area (Å²) in [5, 5.41) is 3.14. The maximum absolute atomic E-state index is 13.5. The van der Waals surface area contributed by atoms with Crippen LogP contribution in [0.1, 0.15) is 41.3 Å². The van der Waals surface area contributed by atoms with E-state index in [0.29, 0.717) is 29.1 Å². The Morgan fingerprint density at radius 1 is 0.861 bits per heavy atom. The number of nitrogen functional groups attached to an aromatic ring is 1. The van der Waals surface area contributed by atoms with Crippen LogP contribution in [0.3, 0.4) is 0 Å². The lowest BCUT2D eigenvalue weighted by Crippen LogP contribution is -2.33. The van der Waals surface area contributed by atoms with E-state index in [1.54, 1.807) is 0 Å². The topological polar surface area (TPSA) is 85.8 Å². The number of carbonyl (C=O) groups excluding carboxylic acids is 1. The fraction of sp³-hybridized carbons (Fsp3) is 0.233. The van der Waals surface area contributed by atoms with Gasteiger partial charge in [-0.25, -0.2) is 9.97 Å². The fourth-order valence-electron chi connectivity index (χ4n) is 4.65. The average Bonchev–Trinajstić information content (AvgIpc) is 3.17. The van der Waals surface area contributed by atoms with Gasteiger partial charge in [0.05, 0.1) is 11.0 Å². The second-order valence-electron chi connectivity index (χ2n) is 9.28. The molecule has 0 aliphatic heterocycles. The lowest BCUT2D eigenvalue weighted by molar-refractivity contribution is 0.0940. The van der Waals surface area contributed by atoms with E-state index in [-0.39, 0.29) is 11.9 Å². The van der Waals surface area contributed by atoms with Gasteiger partial charge in [0.1, 0.15) is 16.9 Å². The SMILES string of the molecule is CC(CCc1ccccc1)NC(=O)c1c(N)n(CCCc2ccccc2)c2nc3ccccc3nc12. The number of rotatable bonds is 9. The van der Waals surface area contributed by atoms with Crippen LogP contribution in [-0.2, 0) is 19.4 Å². The van der Waals surface area contributed by atoms with Gasteiger partial charge in [-0.1, -0.05) is 72.8 Å². The number of nitrogens with two attached hydrogens (primary N) is 1. The van der Waals surface area contributed by atoms with E-state index in [4.69, 9.17) is 15.7 Å². The van der Waals surface area contributed by atoms with Crippen LogP contribution in [0, 0.1) is 0 Å². The summed E-state index contributed by atoms with van der Waals surface area (Å²) < 4.78 is 1.95. The minimum atomic E-state index is -0.204. The largest absolute Gasteiger partial charge is 0.384 e. The zero-order valence-corrected chi connectivity index (χ0v) is 20.5.